The van der Waals surface area contributed by atoms with Crippen LogP contribution in [0.25, 0.3) is 0 Å². The summed E-state index contributed by atoms with van der Waals surface area (Å²) in [6.45, 7) is 5.56. The molecule has 1 N–H and O–H groups in total. The van der Waals surface area contributed by atoms with Gasteiger partial charge in [-0.15, -0.1) is 24.0 Å². The lowest BCUT2D eigenvalue weighted by Gasteiger charge is -2.22. The number of sulfone groups is 1. The summed E-state index contributed by atoms with van der Waals surface area (Å²) in [5.41, 5.74) is 1.40. The summed E-state index contributed by atoms with van der Waals surface area (Å²) in [6.07, 6.45) is 3.04. The highest BCUT2D eigenvalue weighted by atomic mass is 127. The van der Waals surface area contributed by atoms with Crippen LogP contribution >= 0.6 is 24.0 Å². The summed E-state index contributed by atoms with van der Waals surface area (Å²) in [4.78, 5) is 7.09. The van der Waals surface area contributed by atoms with Crippen molar-refractivity contribution in [2.24, 2.45) is 16.8 Å². The van der Waals surface area contributed by atoms with Crippen molar-refractivity contribution < 1.29 is 8.42 Å². The number of aliphatic imine (C=N–C) groups is 1. The number of nitrogens with one attached hydrogen (secondary N) is 1. The van der Waals surface area contributed by atoms with E-state index in [1.807, 2.05) is 0 Å². The van der Waals surface area contributed by atoms with E-state index in [0.717, 1.165) is 38.4 Å². The van der Waals surface area contributed by atoms with E-state index < -0.39 is 9.84 Å². The summed E-state index contributed by atoms with van der Waals surface area (Å²) in [5.74, 6) is 2.40. The molecule has 1 aromatic carbocycles. The van der Waals surface area contributed by atoms with Gasteiger partial charge < -0.3 is 10.2 Å². The number of halogens is 1. The lowest BCUT2D eigenvalue weighted by Crippen LogP contribution is -2.40. The van der Waals surface area contributed by atoms with Crippen LogP contribution in [0.3, 0.4) is 0 Å². The topological polar surface area (TPSA) is 61.8 Å². The molecule has 3 rings (SSSR count). The average Bonchev–Trinajstić information content (AvgIpc) is 3.19. The maximum Gasteiger partial charge on any atom is 0.193 e. The Morgan fingerprint density at radius 2 is 2.00 bits per heavy atom. The predicted molar refractivity (Wildman–Crippen MR) is 118 cm³/mol. The van der Waals surface area contributed by atoms with Gasteiger partial charge in [-0.3, -0.25) is 4.99 Å². The zero-order valence-electron chi connectivity index (χ0n) is 15.4. The van der Waals surface area contributed by atoms with Crippen LogP contribution in [0, 0.1) is 11.8 Å². The fourth-order valence-corrected chi connectivity index (χ4v) is 5.65. The molecule has 2 atom stereocenters. The average molecular weight is 491 g/mol. The minimum atomic E-state index is -2.82. The second-order valence-electron chi connectivity index (χ2n) is 7.25. The lowest BCUT2D eigenvalue weighted by molar-refractivity contribution is 0.457. The maximum absolute atomic E-state index is 11.6. The molecular weight excluding hydrogens is 461 g/mol. The minimum Gasteiger partial charge on any atom is -0.357 e. The molecule has 2 saturated heterocycles. The highest BCUT2D eigenvalue weighted by Gasteiger charge is 2.29. The third kappa shape index (κ3) is 6.11. The first-order valence-corrected chi connectivity index (χ1v) is 11.2. The van der Waals surface area contributed by atoms with Gasteiger partial charge in [0.15, 0.2) is 15.8 Å². The van der Waals surface area contributed by atoms with Crippen molar-refractivity contribution in [1.82, 2.24) is 10.2 Å². The molecule has 146 valence electrons. The van der Waals surface area contributed by atoms with Crippen molar-refractivity contribution in [2.75, 3.05) is 37.7 Å². The molecule has 0 spiro atoms. The van der Waals surface area contributed by atoms with Crippen molar-refractivity contribution in [3.63, 3.8) is 0 Å². The summed E-state index contributed by atoms with van der Waals surface area (Å²) in [7, 11) is -2.82. The molecule has 2 heterocycles. The van der Waals surface area contributed by atoms with Crippen LogP contribution in [0.15, 0.2) is 35.3 Å². The van der Waals surface area contributed by atoms with Gasteiger partial charge in [-0.2, -0.15) is 0 Å². The van der Waals surface area contributed by atoms with Crippen molar-refractivity contribution in [3.05, 3.63) is 35.9 Å². The molecule has 2 unspecified atom stereocenters. The van der Waals surface area contributed by atoms with Crippen LogP contribution < -0.4 is 5.32 Å². The van der Waals surface area contributed by atoms with Gasteiger partial charge in [-0.05, 0) is 43.6 Å². The fraction of sp³-hybridized carbons (Fsp3) is 0.632. The van der Waals surface area contributed by atoms with E-state index in [9.17, 15) is 8.42 Å². The van der Waals surface area contributed by atoms with E-state index in [-0.39, 0.29) is 29.9 Å². The van der Waals surface area contributed by atoms with Gasteiger partial charge in [0, 0.05) is 26.2 Å². The Kier molecular flexibility index (Phi) is 8.19. The maximum atomic E-state index is 11.6. The molecular formula is C19H30IN3O2S. The van der Waals surface area contributed by atoms with Gasteiger partial charge in [0.1, 0.15) is 0 Å². The normalized spacial score (nSPS) is 25.1. The lowest BCUT2D eigenvalue weighted by atomic mass is 9.99. The zero-order valence-corrected chi connectivity index (χ0v) is 18.6. The second kappa shape index (κ2) is 9.92. The number of nitrogens with zero attached hydrogens (tertiary/aromatic N) is 2. The molecule has 0 amide bonds. The molecule has 26 heavy (non-hydrogen) atoms. The van der Waals surface area contributed by atoms with Gasteiger partial charge in [0.25, 0.3) is 0 Å². The molecule has 1 aromatic rings. The number of hydrogen-bond donors (Lipinski definition) is 1. The summed E-state index contributed by atoms with van der Waals surface area (Å²) >= 11 is 0. The van der Waals surface area contributed by atoms with Crippen molar-refractivity contribution in [1.29, 1.82) is 0 Å². The number of guanidine groups is 1. The number of rotatable bonds is 5. The first kappa shape index (κ1) is 21.5. The monoisotopic (exact) mass is 491 g/mol. The summed E-state index contributed by atoms with van der Waals surface area (Å²) < 4.78 is 23.2. The Balaban J connectivity index is 0.00000243. The molecule has 7 heteroatoms. The summed E-state index contributed by atoms with van der Waals surface area (Å²) in [5, 5.41) is 3.38. The Morgan fingerprint density at radius 3 is 2.65 bits per heavy atom. The third-order valence-corrected chi connectivity index (χ3v) is 6.95. The second-order valence-corrected chi connectivity index (χ2v) is 9.48. The molecule has 0 aromatic heterocycles. The van der Waals surface area contributed by atoms with Crippen LogP contribution in [-0.4, -0.2) is 57.0 Å². The first-order valence-electron chi connectivity index (χ1n) is 9.33. The van der Waals surface area contributed by atoms with Crippen LogP contribution in [0.1, 0.15) is 25.3 Å². The van der Waals surface area contributed by atoms with Gasteiger partial charge >= 0.3 is 0 Å². The summed E-state index contributed by atoms with van der Waals surface area (Å²) in [6, 6.07) is 10.7. The van der Waals surface area contributed by atoms with Crippen LogP contribution in [0.4, 0.5) is 0 Å². The number of hydrogen-bond acceptors (Lipinski definition) is 3. The Bertz CT molecular complexity index is 694. The number of benzene rings is 1. The van der Waals surface area contributed by atoms with E-state index >= 15 is 0 Å². The molecule has 0 radical (unpaired) electrons. The number of likely N-dealkylation sites (tertiary alicyclic amines) is 1. The van der Waals surface area contributed by atoms with E-state index in [1.54, 1.807) is 0 Å². The molecule has 2 aliphatic heterocycles. The van der Waals surface area contributed by atoms with Gasteiger partial charge in [0.2, 0.25) is 0 Å². The molecule has 0 saturated carbocycles. The predicted octanol–water partition coefficient (Wildman–Crippen LogP) is 2.57. The van der Waals surface area contributed by atoms with Crippen LogP contribution in [-0.2, 0) is 16.3 Å². The van der Waals surface area contributed by atoms with E-state index in [0.29, 0.717) is 24.0 Å². The Labute approximate surface area is 174 Å². The minimum absolute atomic E-state index is 0. The first-order chi connectivity index (χ1) is 12.1. The van der Waals surface area contributed by atoms with Crippen LogP contribution in [0.5, 0.6) is 0 Å². The van der Waals surface area contributed by atoms with Crippen molar-refractivity contribution in [2.45, 2.75) is 26.2 Å². The SMILES string of the molecule is CCNC(=NCC1CCS(=O)(=O)C1)N1CCC(Cc2ccccc2)C1.I. The van der Waals surface area contributed by atoms with E-state index in [2.05, 4.69) is 47.5 Å². The fourth-order valence-electron chi connectivity index (χ4n) is 3.80. The third-order valence-electron chi connectivity index (χ3n) is 5.11. The zero-order chi connectivity index (χ0) is 17.7. The molecule has 2 aliphatic rings. The highest BCUT2D eigenvalue weighted by molar-refractivity contribution is 14.0. The standard InChI is InChI=1S/C19H29N3O2S.HI/c1-2-20-19(21-13-18-9-11-25(23,24)15-18)22-10-8-17(14-22)12-16-6-4-3-5-7-16;/h3-7,17-18H,2,8-15H2,1H3,(H,20,21);1H. The van der Waals surface area contributed by atoms with Gasteiger partial charge in [-0.25, -0.2) is 8.42 Å². The van der Waals surface area contributed by atoms with E-state index in [4.69, 9.17) is 4.99 Å². The quantitative estimate of drug-likeness (QED) is 0.391. The van der Waals surface area contributed by atoms with Crippen LogP contribution in [0.2, 0.25) is 0 Å². The van der Waals surface area contributed by atoms with Gasteiger partial charge in [0.05, 0.1) is 11.5 Å². The largest absolute Gasteiger partial charge is 0.357 e. The molecule has 5 nitrogen and oxygen atoms in total. The van der Waals surface area contributed by atoms with E-state index in [1.165, 1.54) is 12.0 Å². The molecule has 0 bridgehead atoms. The molecule has 0 aliphatic carbocycles. The van der Waals surface area contributed by atoms with Crippen molar-refractivity contribution >= 4 is 39.8 Å². The highest BCUT2D eigenvalue weighted by Crippen LogP contribution is 2.22. The Morgan fingerprint density at radius 1 is 1.23 bits per heavy atom. The smallest absolute Gasteiger partial charge is 0.193 e. The van der Waals surface area contributed by atoms with Crippen molar-refractivity contribution in [3.8, 4) is 0 Å². The Hall–Kier alpha value is -0.830. The van der Waals surface area contributed by atoms with Gasteiger partial charge in [-0.1, -0.05) is 30.3 Å². The molecule has 2 fully saturated rings.